The fourth-order valence-corrected chi connectivity index (χ4v) is 3.11. The summed E-state index contributed by atoms with van der Waals surface area (Å²) in [5.74, 6) is 0.172. The summed E-state index contributed by atoms with van der Waals surface area (Å²) in [6, 6.07) is 12.5. The lowest BCUT2D eigenvalue weighted by Crippen LogP contribution is -2.26. The van der Waals surface area contributed by atoms with Crippen molar-refractivity contribution in [1.29, 1.82) is 0 Å². The summed E-state index contributed by atoms with van der Waals surface area (Å²) in [4.78, 5) is 16.2. The Kier molecular flexibility index (Phi) is 4.22. The molecule has 4 nitrogen and oxygen atoms in total. The van der Waals surface area contributed by atoms with Crippen molar-refractivity contribution >= 4 is 16.9 Å². The summed E-state index contributed by atoms with van der Waals surface area (Å²) in [5, 5.41) is 4.06. The second-order valence-corrected chi connectivity index (χ2v) is 6.52. The fraction of sp³-hybridized carbons (Fsp3) is 0.300. The van der Waals surface area contributed by atoms with Gasteiger partial charge in [-0.15, -0.1) is 0 Å². The molecule has 1 aliphatic rings. The first-order valence-corrected chi connectivity index (χ1v) is 8.70. The zero-order chi connectivity index (χ0) is 17.2. The highest BCUT2D eigenvalue weighted by Gasteiger charge is 2.28. The van der Waals surface area contributed by atoms with Crippen LogP contribution in [0.5, 0.6) is 0 Å². The molecular weight excluding hydrogens is 317 g/mol. The van der Waals surface area contributed by atoms with E-state index in [0.717, 1.165) is 48.1 Å². The van der Waals surface area contributed by atoms with Crippen LogP contribution in [0, 0.1) is 11.7 Å². The van der Waals surface area contributed by atoms with Crippen LogP contribution in [-0.4, -0.2) is 22.0 Å². The van der Waals surface area contributed by atoms with E-state index in [2.05, 4.69) is 20.9 Å². The quantitative estimate of drug-likeness (QED) is 0.696. The van der Waals surface area contributed by atoms with Crippen molar-refractivity contribution in [2.45, 2.75) is 25.8 Å². The Labute approximate surface area is 145 Å². The van der Waals surface area contributed by atoms with Crippen LogP contribution in [-0.2, 0) is 11.3 Å². The Morgan fingerprint density at radius 1 is 1.24 bits per heavy atom. The minimum Gasteiger partial charge on any atom is -0.356 e. The number of amides is 1. The molecule has 1 saturated carbocycles. The number of aromatic nitrogens is 2. The minimum atomic E-state index is -0.243. The van der Waals surface area contributed by atoms with Crippen LogP contribution in [0.15, 0.2) is 48.7 Å². The predicted octanol–water partition coefficient (Wildman–Crippen LogP) is 3.76. The Morgan fingerprint density at radius 2 is 2.04 bits per heavy atom. The molecule has 2 aromatic heterocycles. The van der Waals surface area contributed by atoms with Crippen molar-refractivity contribution in [3.63, 3.8) is 0 Å². The van der Waals surface area contributed by atoms with Crippen molar-refractivity contribution in [1.82, 2.24) is 14.9 Å². The standard InChI is InChI=1S/C20H20FN3O/c21-17-8-6-14(7-9-17)18-13-16-3-1-10-22-19(16)24(18)12-2-11-23-20(25)15-4-5-15/h1,3,6-10,13,15H,2,4-5,11-12H2,(H,23,25). The topological polar surface area (TPSA) is 46.9 Å². The molecule has 1 N–H and O–H groups in total. The van der Waals surface area contributed by atoms with Crippen molar-refractivity contribution in [3.8, 4) is 11.3 Å². The zero-order valence-electron chi connectivity index (χ0n) is 13.9. The summed E-state index contributed by atoms with van der Waals surface area (Å²) in [6.45, 7) is 1.41. The van der Waals surface area contributed by atoms with E-state index in [9.17, 15) is 9.18 Å². The molecular formula is C20H20FN3O. The van der Waals surface area contributed by atoms with Gasteiger partial charge in [0.25, 0.3) is 0 Å². The monoisotopic (exact) mass is 337 g/mol. The van der Waals surface area contributed by atoms with Gasteiger partial charge in [-0.05, 0) is 67.3 Å². The van der Waals surface area contributed by atoms with Gasteiger partial charge in [-0.1, -0.05) is 0 Å². The van der Waals surface area contributed by atoms with Crippen molar-refractivity contribution in [3.05, 3.63) is 54.5 Å². The summed E-state index contributed by atoms with van der Waals surface area (Å²) in [5.41, 5.74) is 2.89. The molecule has 1 amide bonds. The lowest BCUT2D eigenvalue weighted by atomic mass is 10.1. The van der Waals surface area contributed by atoms with Crippen molar-refractivity contribution in [2.75, 3.05) is 6.54 Å². The number of carbonyl (C=O) groups excluding carboxylic acids is 1. The summed E-state index contributed by atoms with van der Waals surface area (Å²) in [6.07, 6.45) is 4.65. The number of nitrogens with zero attached hydrogens (tertiary/aromatic N) is 2. The van der Waals surface area contributed by atoms with E-state index in [1.54, 1.807) is 18.3 Å². The van der Waals surface area contributed by atoms with E-state index >= 15 is 0 Å². The number of fused-ring (bicyclic) bond motifs is 1. The average Bonchev–Trinajstić information content (AvgIpc) is 3.41. The largest absolute Gasteiger partial charge is 0.356 e. The first-order valence-electron chi connectivity index (χ1n) is 8.70. The predicted molar refractivity (Wildman–Crippen MR) is 95.5 cm³/mol. The maximum absolute atomic E-state index is 13.2. The number of pyridine rings is 1. The van der Waals surface area contributed by atoms with Gasteiger partial charge in [-0.25, -0.2) is 9.37 Å². The number of nitrogens with one attached hydrogen (secondary N) is 1. The lowest BCUT2D eigenvalue weighted by Gasteiger charge is -2.11. The van der Waals surface area contributed by atoms with Crippen LogP contribution in [0.4, 0.5) is 4.39 Å². The van der Waals surface area contributed by atoms with Gasteiger partial charge in [0.05, 0.1) is 5.69 Å². The molecule has 25 heavy (non-hydrogen) atoms. The highest BCUT2D eigenvalue weighted by molar-refractivity contribution is 5.84. The third-order valence-electron chi connectivity index (χ3n) is 4.60. The molecule has 0 aliphatic heterocycles. The van der Waals surface area contributed by atoms with Gasteiger partial charge in [0.2, 0.25) is 5.91 Å². The number of carbonyl (C=O) groups is 1. The second kappa shape index (κ2) is 6.67. The first kappa shape index (κ1) is 15.8. The van der Waals surface area contributed by atoms with E-state index in [1.165, 1.54) is 12.1 Å². The van der Waals surface area contributed by atoms with Crippen LogP contribution in [0.25, 0.3) is 22.3 Å². The third-order valence-corrected chi connectivity index (χ3v) is 4.60. The van der Waals surface area contributed by atoms with Crippen LogP contribution >= 0.6 is 0 Å². The zero-order valence-corrected chi connectivity index (χ0v) is 13.9. The Balaban J connectivity index is 1.56. The maximum Gasteiger partial charge on any atom is 0.223 e. The molecule has 0 spiro atoms. The number of halogens is 1. The average molecular weight is 337 g/mol. The summed E-state index contributed by atoms with van der Waals surface area (Å²) in [7, 11) is 0. The Hall–Kier alpha value is -2.69. The molecule has 1 aromatic carbocycles. The molecule has 2 heterocycles. The molecule has 5 heteroatoms. The van der Waals surface area contributed by atoms with E-state index in [-0.39, 0.29) is 17.6 Å². The lowest BCUT2D eigenvalue weighted by molar-refractivity contribution is -0.122. The van der Waals surface area contributed by atoms with E-state index in [4.69, 9.17) is 0 Å². The number of benzene rings is 1. The minimum absolute atomic E-state index is 0.175. The normalized spacial score (nSPS) is 14.0. The second-order valence-electron chi connectivity index (χ2n) is 6.52. The van der Waals surface area contributed by atoms with Gasteiger partial charge in [-0.2, -0.15) is 0 Å². The molecule has 0 atom stereocenters. The fourth-order valence-electron chi connectivity index (χ4n) is 3.11. The smallest absolute Gasteiger partial charge is 0.223 e. The number of aryl methyl sites for hydroxylation is 1. The van der Waals surface area contributed by atoms with E-state index < -0.39 is 0 Å². The molecule has 3 aromatic rings. The number of hydrogen-bond acceptors (Lipinski definition) is 2. The van der Waals surface area contributed by atoms with E-state index in [1.807, 2.05) is 12.1 Å². The molecule has 4 rings (SSSR count). The summed E-state index contributed by atoms with van der Waals surface area (Å²) < 4.78 is 15.4. The highest BCUT2D eigenvalue weighted by Crippen LogP contribution is 2.29. The van der Waals surface area contributed by atoms with Gasteiger partial charge < -0.3 is 9.88 Å². The Bertz CT molecular complexity index is 897. The molecule has 0 radical (unpaired) electrons. The van der Waals surface area contributed by atoms with Crippen LogP contribution in [0.2, 0.25) is 0 Å². The molecule has 1 fully saturated rings. The first-order chi connectivity index (χ1) is 12.2. The Morgan fingerprint density at radius 3 is 2.80 bits per heavy atom. The van der Waals surface area contributed by atoms with Crippen LogP contribution in [0.1, 0.15) is 19.3 Å². The molecule has 0 saturated heterocycles. The van der Waals surface area contributed by atoms with Crippen LogP contribution < -0.4 is 5.32 Å². The summed E-state index contributed by atoms with van der Waals surface area (Å²) >= 11 is 0. The van der Waals surface area contributed by atoms with Gasteiger partial charge in [-0.3, -0.25) is 4.79 Å². The molecule has 0 bridgehead atoms. The maximum atomic E-state index is 13.2. The van der Waals surface area contributed by atoms with Crippen molar-refractivity contribution in [2.24, 2.45) is 5.92 Å². The number of rotatable bonds is 6. The van der Waals surface area contributed by atoms with Gasteiger partial charge >= 0.3 is 0 Å². The SMILES string of the molecule is O=C(NCCCn1c(-c2ccc(F)cc2)cc2cccnc21)C1CC1. The van der Waals surface area contributed by atoms with Crippen LogP contribution in [0.3, 0.4) is 0 Å². The van der Waals surface area contributed by atoms with Gasteiger partial charge in [0, 0.05) is 30.6 Å². The van der Waals surface area contributed by atoms with Crippen molar-refractivity contribution < 1.29 is 9.18 Å². The number of hydrogen-bond donors (Lipinski definition) is 1. The van der Waals surface area contributed by atoms with Gasteiger partial charge in [0.1, 0.15) is 11.5 Å². The molecule has 1 aliphatic carbocycles. The third kappa shape index (κ3) is 3.40. The van der Waals surface area contributed by atoms with Gasteiger partial charge in [0.15, 0.2) is 0 Å². The molecule has 128 valence electrons. The highest BCUT2D eigenvalue weighted by atomic mass is 19.1. The molecule has 0 unspecified atom stereocenters. The van der Waals surface area contributed by atoms with E-state index in [0.29, 0.717) is 6.54 Å².